The molecule has 0 unspecified atom stereocenters. The molecule has 0 radical (unpaired) electrons. The Morgan fingerprint density at radius 2 is 1.97 bits per heavy atom. The van der Waals surface area contributed by atoms with Crippen LogP contribution in [-0.4, -0.2) is 33.1 Å². The second-order valence-electron chi connectivity index (χ2n) is 7.23. The number of hydrogen-bond acceptors (Lipinski definition) is 6. The first kappa shape index (κ1) is 21.7. The van der Waals surface area contributed by atoms with Crippen LogP contribution in [0.25, 0.3) is 0 Å². The van der Waals surface area contributed by atoms with Gasteiger partial charge in [0.1, 0.15) is 12.4 Å². The molecule has 0 bridgehead atoms. The van der Waals surface area contributed by atoms with Crippen molar-refractivity contribution in [2.45, 2.75) is 38.5 Å². The zero-order valence-corrected chi connectivity index (χ0v) is 18.3. The number of aromatic nitrogens is 3. The van der Waals surface area contributed by atoms with Gasteiger partial charge >= 0.3 is 0 Å². The van der Waals surface area contributed by atoms with Gasteiger partial charge in [-0.25, -0.2) is 4.68 Å². The molecule has 158 valence electrons. The fraction of sp³-hybridized carbons (Fsp3) is 0.318. The van der Waals surface area contributed by atoms with Crippen LogP contribution in [0.1, 0.15) is 35.4 Å². The number of nitrogens with zero attached hydrogens (tertiary/aromatic N) is 3. The minimum atomic E-state index is -0.0705. The number of thioether (sulfide) groups is 1. The quantitative estimate of drug-likeness (QED) is 0.404. The van der Waals surface area contributed by atoms with Gasteiger partial charge in [-0.05, 0) is 37.0 Å². The van der Waals surface area contributed by atoms with E-state index in [-0.39, 0.29) is 24.2 Å². The molecule has 0 fully saturated rings. The zero-order chi connectivity index (χ0) is 21.5. The van der Waals surface area contributed by atoms with Crippen molar-refractivity contribution in [1.29, 1.82) is 0 Å². The highest BCUT2D eigenvalue weighted by molar-refractivity contribution is 7.99. The summed E-state index contributed by atoms with van der Waals surface area (Å²) in [5.41, 5.74) is 3.42. The number of carbonyl (C=O) groups excluding carboxylic acids is 1. The maximum absolute atomic E-state index is 12.2. The van der Waals surface area contributed by atoms with E-state index in [9.17, 15) is 4.79 Å². The smallest absolute Gasteiger partial charge is 0.230 e. The van der Waals surface area contributed by atoms with Crippen molar-refractivity contribution < 1.29 is 9.53 Å². The van der Waals surface area contributed by atoms with Crippen LogP contribution in [0.4, 0.5) is 0 Å². The van der Waals surface area contributed by atoms with Crippen LogP contribution in [0.2, 0.25) is 0 Å². The number of rotatable bonds is 9. The van der Waals surface area contributed by atoms with Gasteiger partial charge in [-0.3, -0.25) is 4.79 Å². The lowest BCUT2D eigenvalue weighted by atomic mass is 10.0. The lowest BCUT2D eigenvalue weighted by Gasteiger charge is -2.13. The fourth-order valence-corrected chi connectivity index (χ4v) is 3.66. The minimum Gasteiger partial charge on any atom is -0.485 e. The molecular formula is C22H27N5O2S. The molecule has 0 aliphatic heterocycles. The average Bonchev–Trinajstić information content (AvgIpc) is 3.10. The second-order valence-corrected chi connectivity index (χ2v) is 8.17. The van der Waals surface area contributed by atoms with Gasteiger partial charge in [-0.15, -0.1) is 10.2 Å². The zero-order valence-electron chi connectivity index (χ0n) is 17.5. The van der Waals surface area contributed by atoms with Gasteiger partial charge < -0.3 is 15.9 Å². The Labute approximate surface area is 181 Å². The number of benzene rings is 2. The molecule has 3 aromatic rings. The molecule has 0 aliphatic carbocycles. The number of amides is 1. The molecule has 1 aromatic heterocycles. The molecule has 30 heavy (non-hydrogen) atoms. The first-order valence-corrected chi connectivity index (χ1v) is 10.8. The number of aryl methyl sites for hydroxylation is 2. The van der Waals surface area contributed by atoms with Gasteiger partial charge in [0.05, 0.1) is 5.75 Å². The maximum atomic E-state index is 12.2. The third-order valence-electron chi connectivity index (χ3n) is 4.73. The minimum absolute atomic E-state index is 0.0705. The van der Waals surface area contributed by atoms with Gasteiger partial charge in [-0.1, -0.05) is 66.7 Å². The van der Waals surface area contributed by atoms with E-state index >= 15 is 0 Å². The molecule has 7 nitrogen and oxygen atoms in total. The summed E-state index contributed by atoms with van der Waals surface area (Å²) in [5.74, 6) is 7.74. The van der Waals surface area contributed by atoms with Crippen LogP contribution in [0.15, 0.2) is 53.7 Å². The van der Waals surface area contributed by atoms with Crippen LogP contribution in [0, 0.1) is 13.8 Å². The highest BCUT2D eigenvalue weighted by Crippen LogP contribution is 2.21. The summed E-state index contributed by atoms with van der Waals surface area (Å²) in [6, 6.07) is 16.1. The van der Waals surface area contributed by atoms with Gasteiger partial charge in [0.15, 0.2) is 5.82 Å². The summed E-state index contributed by atoms with van der Waals surface area (Å²) in [5, 5.41) is 11.6. The van der Waals surface area contributed by atoms with E-state index in [0.717, 1.165) is 11.3 Å². The van der Waals surface area contributed by atoms with E-state index in [1.807, 2.05) is 44.2 Å². The van der Waals surface area contributed by atoms with Crippen LogP contribution in [0.3, 0.4) is 0 Å². The predicted octanol–water partition coefficient (Wildman–Crippen LogP) is 3.20. The Kier molecular flexibility index (Phi) is 7.35. The lowest BCUT2D eigenvalue weighted by molar-refractivity contribution is -0.118. The first-order valence-electron chi connectivity index (χ1n) is 9.78. The Hall–Kier alpha value is -3.00. The average molecular weight is 426 g/mol. The van der Waals surface area contributed by atoms with Crippen molar-refractivity contribution in [3.8, 4) is 5.75 Å². The third kappa shape index (κ3) is 5.76. The van der Waals surface area contributed by atoms with Crippen LogP contribution >= 0.6 is 11.8 Å². The Bertz CT molecular complexity index is 990. The molecule has 0 aliphatic rings. The molecule has 0 spiro atoms. The van der Waals surface area contributed by atoms with Crippen LogP contribution in [0.5, 0.6) is 5.75 Å². The number of nitrogens with two attached hydrogens (primary N) is 1. The summed E-state index contributed by atoms with van der Waals surface area (Å²) in [6.07, 6.45) is 0. The molecule has 3 N–H and O–H groups in total. The number of carbonyl (C=O) groups is 1. The summed E-state index contributed by atoms with van der Waals surface area (Å²) >= 11 is 1.25. The summed E-state index contributed by atoms with van der Waals surface area (Å²) in [6.45, 7) is 6.90. The van der Waals surface area contributed by atoms with Gasteiger partial charge in [0.25, 0.3) is 0 Å². The summed E-state index contributed by atoms with van der Waals surface area (Å²) < 4.78 is 7.18. The molecule has 2 aromatic carbocycles. The molecule has 1 atom stereocenters. The normalized spacial score (nSPS) is 11.8. The molecular weight excluding hydrogens is 398 g/mol. The molecule has 1 heterocycles. The van der Waals surface area contributed by atoms with Crippen molar-refractivity contribution in [2.24, 2.45) is 0 Å². The van der Waals surface area contributed by atoms with Gasteiger partial charge in [-0.2, -0.15) is 0 Å². The van der Waals surface area contributed by atoms with Crippen molar-refractivity contribution in [3.63, 3.8) is 0 Å². The van der Waals surface area contributed by atoms with E-state index in [4.69, 9.17) is 10.6 Å². The third-order valence-corrected chi connectivity index (χ3v) is 5.67. The topological polar surface area (TPSA) is 95.1 Å². The molecule has 0 saturated carbocycles. The van der Waals surface area contributed by atoms with Crippen molar-refractivity contribution >= 4 is 17.7 Å². The number of ether oxygens (including phenoxy) is 1. The predicted molar refractivity (Wildman–Crippen MR) is 119 cm³/mol. The Morgan fingerprint density at radius 1 is 1.20 bits per heavy atom. The van der Waals surface area contributed by atoms with Crippen LogP contribution < -0.4 is 15.9 Å². The number of hydrogen-bond donors (Lipinski definition) is 2. The second kappa shape index (κ2) is 10.2. The van der Waals surface area contributed by atoms with E-state index in [1.165, 1.54) is 27.6 Å². The van der Waals surface area contributed by atoms with Crippen molar-refractivity contribution in [3.05, 3.63) is 71.0 Å². The SMILES string of the molecule is Cc1ccc(OCc2nnc(SCC(=O)NC[C@H](C)c3ccccc3)n2N)c(C)c1. The van der Waals surface area contributed by atoms with E-state index < -0.39 is 0 Å². The monoisotopic (exact) mass is 425 g/mol. The first-order chi connectivity index (χ1) is 14.4. The van der Waals surface area contributed by atoms with Crippen molar-refractivity contribution in [2.75, 3.05) is 18.1 Å². The number of nitrogen functional groups attached to an aromatic ring is 1. The van der Waals surface area contributed by atoms with Crippen molar-refractivity contribution in [1.82, 2.24) is 20.2 Å². The summed E-state index contributed by atoms with van der Waals surface area (Å²) in [7, 11) is 0. The molecule has 0 saturated heterocycles. The number of nitrogens with one attached hydrogen (secondary N) is 1. The Balaban J connectivity index is 1.47. The Morgan fingerprint density at radius 3 is 2.70 bits per heavy atom. The summed E-state index contributed by atoms with van der Waals surface area (Å²) in [4.78, 5) is 12.2. The highest BCUT2D eigenvalue weighted by Gasteiger charge is 2.14. The van der Waals surface area contributed by atoms with Gasteiger partial charge in [0.2, 0.25) is 11.1 Å². The molecule has 3 rings (SSSR count). The molecule has 8 heteroatoms. The van der Waals surface area contributed by atoms with Gasteiger partial charge in [0, 0.05) is 6.54 Å². The van der Waals surface area contributed by atoms with E-state index in [0.29, 0.717) is 17.5 Å². The van der Waals surface area contributed by atoms with E-state index in [2.05, 4.69) is 40.6 Å². The van der Waals surface area contributed by atoms with E-state index in [1.54, 1.807) is 0 Å². The lowest BCUT2D eigenvalue weighted by Crippen LogP contribution is -2.29. The maximum Gasteiger partial charge on any atom is 0.230 e. The largest absolute Gasteiger partial charge is 0.485 e. The van der Waals surface area contributed by atoms with Crippen LogP contribution in [-0.2, 0) is 11.4 Å². The molecule has 1 amide bonds. The fourth-order valence-electron chi connectivity index (χ4n) is 2.96. The standard InChI is InChI=1S/C22H27N5O2S/c1-15-9-10-19(16(2)11-15)29-13-20-25-26-22(27(20)23)30-14-21(28)24-12-17(3)18-7-5-4-6-8-18/h4-11,17H,12-14,23H2,1-3H3,(H,24,28)/t17-/m0/s1. The highest BCUT2D eigenvalue weighted by atomic mass is 32.2.